The number of ether oxygens (including phenoxy) is 2. The third-order valence-electron chi connectivity index (χ3n) is 7.13. The molecule has 5 rings (SSSR count). The Balaban J connectivity index is 1.31. The number of Topliss-reactive ketones (excluding diaryl/α,β-unsaturated/α-hetero) is 1. The molecule has 1 aliphatic carbocycles. The molecule has 0 spiro atoms. The standard InChI is InChI=1S/C28H30N2O6S/c1-18(2)24(16-31)30-37(33,34)22-9-6-19(7-10-22)23-5-3-4-21(29-23)15-27(32)28(12-13-28)20-8-11-25-26(14-20)36-17-35-25/h3-11,14,18,24,30-31H,12-13,15-17H2,1-2H3/t24-/m1/s1. The third-order valence-corrected chi connectivity index (χ3v) is 8.63. The van der Waals surface area contributed by atoms with E-state index in [1.807, 2.05) is 50.2 Å². The SMILES string of the molecule is CC(C)[C@@H](CO)NS(=O)(=O)c1ccc(-c2cccc(CC(=O)C3(c4ccc5c(c4)OCO5)CC3)n2)cc1. The fraction of sp³-hybridized carbons (Fsp3) is 0.357. The molecule has 2 aromatic carbocycles. The molecule has 0 unspecified atom stereocenters. The lowest BCUT2D eigenvalue weighted by Gasteiger charge is -2.19. The second-order valence-corrected chi connectivity index (χ2v) is 11.7. The van der Waals surface area contributed by atoms with Crippen LogP contribution in [0, 0.1) is 5.92 Å². The minimum absolute atomic E-state index is 0.0477. The quantitative estimate of drug-likeness (QED) is 0.418. The first kappa shape index (κ1) is 25.4. The zero-order valence-electron chi connectivity index (χ0n) is 20.8. The van der Waals surface area contributed by atoms with E-state index >= 15 is 0 Å². The number of ketones is 1. The summed E-state index contributed by atoms with van der Waals surface area (Å²) in [4.78, 5) is 18.2. The highest BCUT2D eigenvalue weighted by Crippen LogP contribution is 2.51. The number of benzene rings is 2. The number of aliphatic hydroxyl groups is 1. The predicted octanol–water partition coefficient (Wildman–Crippen LogP) is 3.62. The van der Waals surface area contributed by atoms with Gasteiger partial charge in [0.2, 0.25) is 16.8 Å². The summed E-state index contributed by atoms with van der Waals surface area (Å²) in [7, 11) is -3.77. The maximum atomic E-state index is 13.4. The number of hydrogen-bond acceptors (Lipinski definition) is 7. The Hall–Kier alpha value is -3.27. The molecule has 2 aliphatic rings. The number of pyridine rings is 1. The number of hydrogen-bond donors (Lipinski definition) is 2. The van der Waals surface area contributed by atoms with E-state index in [0.29, 0.717) is 22.9 Å². The molecule has 9 heteroatoms. The molecular formula is C28H30N2O6S. The lowest BCUT2D eigenvalue weighted by molar-refractivity contribution is -0.120. The maximum Gasteiger partial charge on any atom is 0.240 e. The number of fused-ring (bicyclic) bond motifs is 1. The van der Waals surface area contributed by atoms with Gasteiger partial charge in [-0.3, -0.25) is 9.78 Å². The number of nitrogens with one attached hydrogen (secondary N) is 1. The van der Waals surface area contributed by atoms with Crippen molar-refractivity contribution >= 4 is 15.8 Å². The number of sulfonamides is 1. The van der Waals surface area contributed by atoms with Crippen molar-refractivity contribution in [2.75, 3.05) is 13.4 Å². The van der Waals surface area contributed by atoms with Gasteiger partial charge in [-0.1, -0.05) is 38.1 Å². The molecule has 1 aromatic heterocycles. The van der Waals surface area contributed by atoms with Gasteiger partial charge >= 0.3 is 0 Å². The number of aromatic nitrogens is 1. The Morgan fingerprint density at radius 2 is 1.78 bits per heavy atom. The van der Waals surface area contributed by atoms with Gasteiger partial charge in [0.25, 0.3) is 0 Å². The van der Waals surface area contributed by atoms with Crippen LogP contribution < -0.4 is 14.2 Å². The smallest absolute Gasteiger partial charge is 0.240 e. The zero-order chi connectivity index (χ0) is 26.2. The van der Waals surface area contributed by atoms with Gasteiger partial charge in [0, 0.05) is 23.7 Å². The van der Waals surface area contributed by atoms with E-state index in [9.17, 15) is 18.3 Å². The minimum Gasteiger partial charge on any atom is -0.454 e. The van der Waals surface area contributed by atoms with E-state index in [-0.39, 0.29) is 36.4 Å². The van der Waals surface area contributed by atoms with Crippen LogP contribution in [0.2, 0.25) is 0 Å². The van der Waals surface area contributed by atoms with Gasteiger partial charge in [-0.2, -0.15) is 0 Å². The molecule has 0 radical (unpaired) electrons. The van der Waals surface area contributed by atoms with Crippen molar-refractivity contribution in [1.82, 2.24) is 9.71 Å². The van der Waals surface area contributed by atoms with E-state index in [0.717, 1.165) is 24.0 Å². The van der Waals surface area contributed by atoms with Crippen LogP contribution in [0.25, 0.3) is 11.3 Å². The Bertz CT molecular complexity index is 1410. The normalized spacial score (nSPS) is 16.5. The van der Waals surface area contributed by atoms with Crippen molar-refractivity contribution in [3.63, 3.8) is 0 Å². The molecule has 1 fully saturated rings. The number of rotatable bonds is 10. The van der Waals surface area contributed by atoms with Crippen LogP contribution in [0.4, 0.5) is 0 Å². The molecule has 1 aliphatic heterocycles. The summed E-state index contributed by atoms with van der Waals surface area (Å²) in [5.74, 6) is 1.44. The molecule has 3 aromatic rings. The van der Waals surface area contributed by atoms with Gasteiger partial charge in [0.1, 0.15) is 5.78 Å². The Morgan fingerprint density at radius 1 is 1.05 bits per heavy atom. The zero-order valence-corrected chi connectivity index (χ0v) is 21.6. The molecule has 194 valence electrons. The van der Waals surface area contributed by atoms with Crippen molar-refractivity contribution < 1.29 is 27.8 Å². The van der Waals surface area contributed by atoms with E-state index in [1.54, 1.807) is 12.1 Å². The van der Waals surface area contributed by atoms with Gasteiger partial charge in [0.15, 0.2) is 11.5 Å². The van der Waals surface area contributed by atoms with Crippen molar-refractivity contribution in [3.05, 3.63) is 71.9 Å². The molecule has 0 saturated heterocycles. The molecule has 1 saturated carbocycles. The summed E-state index contributed by atoms with van der Waals surface area (Å²) in [5.41, 5.74) is 2.50. The Labute approximate surface area is 216 Å². The number of carbonyl (C=O) groups excluding carboxylic acids is 1. The van der Waals surface area contributed by atoms with E-state index in [1.165, 1.54) is 12.1 Å². The monoisotopic (exact) mass is 522 g/mol. The first-order valence-corrected chi connectivity index (χ1v) is 13.8. The number of nitrogens with zero attached hydrogens (tertiary/aromatic N) is 1. The molecule has 8 nitrogen and oxygen atoms in total. The van der Waals surface area contributed by atoms with Crippen molar-refractivity contribution in [2.24, 2.45) is 5.92 Å². The summed E-state index contributed by atoms with van der Waals surface area (Å²) < 4.78 is 38.9. The summed E-state index contributed by atoms with van der Waals surface area (Å²) >= 11 is 0. The van der Waals surface area contributed by atoms with Crippen LogP contribution in [-0.4, -0.2) is 43.7 Å². The van der Waals surface area contributed by atoms with Crippen LogP contribution in [0.1, 0.15) is 37.9 Å². The highest BCUT2D eigenvalue weighted by molar-refractivity contribution is 7.89. The Morgan fingerprint density at radius 3 is 2.46 bits per heavy atom. The van der Waals surface area contributed by atoms with Gasteiger partial charge in [-0.25, -0.2) is 13.1 Å². The minimum atomic E-state index is -3.77. The molecule has 2 N–H and O–H groups in total. The van der Waals surface area contributed by atoms with Crippen molar-refractivity contribution in [2.45, 2.75) is 49.5 Å². The number of aliphatic hydroxyl groups excluding tert-OH is 1. The van der Waals surface area contributed by atoms with Crippen LogP contribution in [-0.2, 0) is 26.7 Å². The largest absolute Gasteiger partial charge is 0.454 e. The predicted molar refractivity (Wildman–Crippen MR) is 138 cm³/mol. The van der Waals surface area contributed by atoms with E-state index in [2.05, 4.69) is 9.71 Å². The summed E-state index contributed by atoms with van der Waals surface area (Å²) in [6, 6.07) is 17.1. The molecule has 37 heavy (non-hydrogen) atoms. The first-order valence-electron chi connectivity index (χ1n) is 12.3. The van der Waals surface area contributed by atoms with Crippen LogP contribution in [0.15, 0.2) is 65.6 Å². The highest BCUT2D eigenvalue weighted by Gasteiger charge is 2.51. The average molecular weight is 523 g/mol. The third kappa shape index (κ3) is 5.12. The van der Waals surface area contributed by atoms with Crippen molar-refractivity contribution in [1.29, 1.82) is 0 Å². The topological polar surface area (TPSA) is 115 Å². The fourth-order valence-electron chi connectivity index (χ4n) is 4.58. The van der Waals surface area contributed by atoms with Gasteiger partial charge in [-0.15, -0.1) is 0 Å². The second kappa shape index (κ2) is 9.89. The lowest BCUT2D eigenvalue weighted by atomic mass is 9.88. The Kier molecular flexibility index (Phi) is 6.78. The van der Waals surface area contributed by atoms with Crippen LogP contribution in [0.5, 0.6) is 11.5 Å². The summed E-state index contributed by atoms with van der Waals surface area (Å²) in [6.45, 7) is 3.60. The summed E-state index contributed by atoms with van der Waals surface area (Å²) in [6.07, 6.45) is 1.79. The molecule has 2 heterocycles. The van der Waals surface area contributed by atoms with Gasteiger partial charge in [-0.05, 0) is 60.7 Å². The lowest BCUT2D eigenvalue weighted by Crippen LogP contribution is -2.41. The average Bonchev–Trinajstić information content (AvgIpc) is 3.58. The number of carbonyl (C=O) groups is 1. The molecular weight excluding hydrogens is 492 g/mol. The summed E-state index contributed by atoms with van der Waals surface area (Å²) in [5, 5.41) is 9.47. The van der Waals surface area contributed by atoms with E-state index < -0.39 is 21.5 Å². The fourth-order valence-corrected chi connectivity index (χ4v) is 5.95. The highest BCUT2D eigenvalue weighted by atomic mass is 32.2. The van der Waals surface area contributed by atoms with E-state index in [4.69, 9.17) is 9.47 Å². The van der Waals surface area contributed by atoms with Crippen LogP contribution >= 0.6 is 0 Å². The second-order valence-electron chi connectivity index (χ2n) is 9.94. The molecule has 1 atom stereocenters. The van der Waals surface area contributed by atoms with Gasteiger partial charge in [0.05, 0.1) is 22.6 Å². The maximum absolute atomic E-state index is 13.4. The molecule has 0 amide bonds. The van der Waals surface area contributed by atoms with Crippen molar-refractivity contribution in [3.8, 4) is 22.8 Å². The first-order chi connectivity index (χ1) is 17.7. The molecule has 0 bridgehead atoms. The van der Waals surface area contributed by atoms with Crippen LogP contribution in [0.3, 0.4) is 0 Å². The van der Waals surface area contributed by atoms with Gasteiger partial charge < -0.3 is 14.6 Å².